The molecule has 3 atom stereocenters. The first-order valence-electron chi connectivity index (χ1n) is 12.7. The third kappa shape index (κ3) is 10.5. The van der Waals surface area contributed by atoms with E-state index in [0.29, 0.717) is 32.8 Å². The summed E-state index contributed by atoms with van der Waals surface area (Å²) in [4.78, 5) is 0. The molecule has 0 amide bonds. The van der Waals surface area contributed by atoms with Crippen LogP contribution in [-0.4, -0.2) is 46.0 Å². The predicted molar refractivity (Wildman–Crippen MR) is 148 cm³/mol. The zero-order valence-electron chi connectivity index (χ0n) is 23.0. The molecule has 2 aromatic rings. The average Bonchev–Trinajstić information content (AvgIpc) is 2.84. The second-order valence-corrected chi connectivity index (χ2v) is 15.7. The minimum atomic E-state index is -2.00. The fraction of sp³-hybridized carbons (Fsp3) is 0.533. The zero-order valence-corrected chi connectivity index (χ0v) is 24.0. The number of rotatable bonds is 13. The van der Waals surface area contributed by atoms with E-state index < -0.39 is 20.5 Å². The number of benzene rings is 2. The molecule has 0 saturated heterocycles. The van der Waals surface area contributed by atoms with E-state index in [9.17, 15) is 5.11 Å². The van der Waals surface area contributed by atoms with Crippen LogP contribution in [0.15, 0.2) is 54.6 Å². The molecule has 0 spiro atoms. The molecule has 0 saturated carbocycles. The molecule has 6 heteroatoms. The molecular weight excluding hydrogens is 468 g/mol. The molecule has 2 aromatic carbocycles. The van der Waals surface area contributed by atoms with Gasteiger partial charge in [-0.1, -0.05) is 76.1 Å². The molecule has 0 unspecified atom stereocenters. The molecule has 2 rings (SSSR count). The van der Waals surface area contributed by atoms with Crippen LogP contribution in [0, 0.1) is 17.8 Å². The highest BCUT2D eigenvalue weighted by atomic mass is 28.4. The lowest BCUT2D eigenvalue weighted by atomic mass is 10.1. The van der Waals surface area contributed by atoms with Crippen LogP contribution >= 0.6 is 0 Å². The molecule has 0 bridgehead atoms. The van der Waals surface area contributed by atoms with Gasteiger partial charge in [0.1, 0.15) is 18.0 Å². The zero-order chi connectivity index (χ0) is 26.6. The maximum Gasteiger partial charge on any atom is 0.192 e. The highest BCUT2D eigenvalue weighted by molar-refractivity contribution is 6.74. The van der Waals surface area contributed by atoms with Gasteiger partial charge in [-0.25, -0.2) is 0 Å². The fourth-order valence-electron chi connectivity index (χ4n) is 3.10. The summed E-state index contributed by atoms with van der Waals surface area (Å²) in [5, 5.41) is 11.0. The van der Waals surface area contributed by atoms with Crippen molar-refractivity contribution < 1.29 is 23.7 Å². The van der Waals surface area contributed by atoms with E-state index in [4.69, 9.17) is 18.6 Å². The fourth-order valence-corrected chi connectivity index (χ4v) is 4.12. The standard InChI is InChI=1S/C30H44O5Si/c1-24(20-33-21-25-13-9-8-10-14-25)12-11-15-28(31)29(23-35-36(6,7)30(2,3)4)34-22-26-16-18-27(32-5)19-17-26/h8-10,13-14,16-19,24,28-29,31H,12,20-23H2,1-7H3/t24-,28-,29+/m1/s1. The van der Waals surface area contributed by atoms with Crippen molar-refractivity contribution in [3.63, 3.8) is 0 Å². The summed E-state index contributed by atoms with van der Waals surface area (Å²) in [5.74, 6) is 7.18. The highest BCUT2D eigenvalue weighted by Gasteiger charge is 2.38. The molecule has 0 aliphatic heterocycles. The van der Waals surface area contributed by atoms with E-state index in [0.717, 1.165) is 16.9 Å². The summed E-state index contributed by atoms with van der Waals surface area (Å²) in [7, 11) is -0.355. The lowest BCUT2D eigenvalue weighted by Gasteiger charge is -2.37. The van der Waals surface area contributed by atoms with E-state index in [2.05, 4.69) is 64.8 Å². The van der Waals surface area contributed by atoms with Crippen LogP contribution < -0.4 is 4.74 Å². The maximum atomic E-state index is 10.9. The molecule has 0 aliphatic carbocycles. The number of hydrogen-bond acceptors (Lipinski definition) is 5. The van der Waals surface area contributed by atoms with Gasteiger partial charge in [0.25, 0.3) is 0 Å². The summed E-state index contributed by atoms with van der Waals surface area (Å²) in [6, 6.07) is 17.8. The quantitative estimate of drug-likeness (QED) is 0.255. The van der Waals surface area contributed by atoms with Crippen molar-refractivity contribution in [2.75, 3.05) is 20.3 Å². The van der Waals surface area contributed by atoms with E-state index in [1.54, 1.807) is 7.11 Å². The molecule has 5 nitrogen and oxygen atoms in total. The largest absolute Gasteiger partial charge is 0.497 e. The minimum absolute atomic E-state index is 0.0688. The van der Waals surface area contributed by atoms with Gasteiger partial charge in [0, 0.05) is 6.42 Å². The number of aliphatic hydroxyl groups is 1. The Morgan fingerprint density at radius 2 is 1.56 bits per heavy atom. The van der Waals surface area contributed by atoms with Gasteiger partial charge in [0.2, 0.25) is 0 Å². The lowest BCUT2D eigenvalue weighted by Crippen LogP contribution is -2.45. The smallest absolute Gasteiger partial charge is 0.192 e. The molecule has 36 heavy (non-hydrogen) atoms. The Bertz CT molecular complexity index is 941. The second-order valence-electron chi connectivity index (χ2n) is 10.8. The monoisotopic (exact) mass is 512 g/mol. The van der Waals surface area contributed by atoms with Gasteiger partial charge in [-0.15, -0.1) is 5.92 Å². The Morgan fingerprint density at radius 3 is 2.17 bits per heavy atom. The number of hydrogen-bond donors (Lipinski definition) is 1. The van der Waals surface area contributed by atoms with Gasteiger partial charge in [-0.05, 0) is 47.3 Å². The minimum Gasteiger partial charge on any atom is -0.497 e. The van der Waals surface area contributed by atoms with Crippen LogP contribution in [-0.2, 0) is 27.1 Å². The van der Waals surface area contributed by atoms with Gasteiger partial charge in [0.05, 0.1) is 33.5 Å². The molecule has 0 radical (unpaired) electrons. The van der Waals surface area contributed by atoms with E-state index in [1.165, 1.54) is 0 Å². The third-order valence-electron chi connectivity index (χ3n) is 6.60. The van der Waals surface area contributed by atoms with Crippen molar-refractivity contribution in [2.45, 2.75) is 77.7 Å². The van der Waals surface area contributed by atoms with Gasteiger partial charge < -0.3 is 23.7 Å². The van der Waals surface area contributed by atoms with Crippen LogP contribution in [0.2, 0.25) is 18.1 Å². The van der Waals surface area contributed by atoms with E-state index in [-0.39, 0.29) is 11.0 Å². The van der Waals surface area contributed by atoms with Crippen LogP contribution in [0.1, 0.15) is 45.2 Å². The topological polar surface area (TPSA) is 57.2 Å². The Kier molecular flexibility index (Phi) is 12.2. The van der Waals surface area contributed by atoms with Crippen LogP contribution in [0.3, 0.4) is 0 Å². The molecule has 198 valence electrons. The Hall–Kier alpha value is -2.14. The number of methoxy groups -OCH3 is 1. The average molecular weight is 513 g/mol. The van der Waals surface area contributed by atoms with E-state index >= 15 is 0 Å². The molecule has 0 aromatic heterocycles. The van der Waals surface area contributed by atoms with E-state index in [1.807, 2.05) is 42.5 Å². The van der Waals surface area contributed by atoms with Gasteiger partial charge in [-0.2, -0.15) is 0 Å². The van der Waals surface area contributed by atoms with Crippen LogP contribution in [0.25, 0.3) is 0 Å². The molecule has 1 N–H and O–H groups in total. The third-order valence-corrected chi connectivity index (χ3v) is 11.1. The first kappa shape index (κ1) is 30.1. The Morgan fingerprint density at radius 1 is 0.917 bits per heavy atom. The van der Waals surface area contributed by atoms with Crippen molar-refractivity contribution in [3.05, 3.63) is 65.7 Å². The summed E-state index contributed by atoms with van der Waals surface area (Å²) in [5.41, 5.74) is 2.15. The molecule has 0 aliphatic rings. The Labute approximate surface area is 219 Å². The van der Waals surface area contributed by atoms with Crippen LogP contribution in [0.4, 0.5) is 0 Å². The van der Waals surface area contributed by atoms with Crippen molar-refractivity contribution in [3.8, 4) is 17.6 Å². The van der Waals surface area contributed by atoms with Crippen LogP contribution in [0.5, 0.6) is 5.75 Å². The maximum absolute atomic E-state index is 10.9. The lowest BCUT2D eigenvalue weighted by molar-refractivity contribution is -0.0481. The van der Waals surface area contributed by atoms with Crippen molar-refractivity contribution >= 4 is 8.32 Å². The number of ether oxygens (including phenoxy) is 3. The van der Waals surface area contributed by atoms with Crippen molar-refractivity contribution in [2.24, 2.45) is 5.92 Å². The predicted octanol–water partition coefficient (Wildman–Crippen LogP) is 6.21. The van der Waals surface area contributed by atoms with Crippen molar-refractivity contribution in [1.29, 1.82) is 0 Å². The second kappa shape index (κ2) is 14.6. The van der Waals surface area contributed by atoms with Gasteiger partial charge in [-0.3, -0.25) is 0 Å². The molecule has 0 fully saturated rings. The first-order chi connectivity index (χ1) is 17.0. The molecular formula is C30H44O5Si. The first-order valence-corrected chi connectivity index (χ1v) is 15.6. The number of aliphatic hydroxyl groups excluding tert-OH is 1. The van der Waals surface area contributed by atoms with Gasteiger partial charge in [0.15, 0.2) is 8.32 Å². The van der Waals surface area contributed by atoms with Gasteiger partial charge >= 0.3 is 0 Å². The SMILES string of the molecule is COc1ccc(CO[C@@H](CO[Si](C)(C)C(C)(C)C)[C@H](O)C#CC[C@@H](C)COCc2ccccc2)cc1. The summed E-state index contributed by atoms with van der Waals surface area (Å²) in [6.45, 7) is 15.0. The summed E-state index contributed by atoms with van der Waals surface area (Å²) >= 11 is 0. The van der Waals surface area contributed by atoms with Crippen molar-refractivity contribution in [1.82, 2.24) is 0 Å². The molecule has 0 heterocycles. The summed E-state index contributed by atoms with van der Waals surface area (Å²) in [6.07, 6.45) is -0.844. The highest BCUT2D eigenvalue weighted by Crippen LogP contribution is 2.36. The normalized spacial score (nSPS) is 14.4. The summed E-state index contributed by atoms with van der Waals surface area (Å²) < 4.78 is 23.5. The Balaban J connectivity index is 1.93.